The molecule has 1 aromatic rings. The van der Waals surface area contributed by atoms with E-state index >= 15 is 0 Å². The second-order valence-electron chi connectivity index (χ2n) is 3.92. The summed E-state index contributed by atoms with van der Waals surface area (Å²) in [4.78, 5) is 12.1. The number of nitrogens with two attached hydrogens (primary N) is 1. The molecular weight excluding hydrogens is 236 g/mol. The molecule has 4 nitrogen and oxygen atoms in total. The van der Waals surface area contributed by atoms with Crippen LogP contribution in [-0.4, -0.2) is 16.9 Å². The van der Waals surface area contributed by atoms with Crippen molar-refractivity contribution in [3.63, 3.8) is 0 Å². The van der Waals surface area contributed by atoms with E-state index in [1.807, 2.05) is 19.1 Å². The van der Waals surface area contributed by atoms with Crippen molar-refractivity contribution in [1.82, 2.24) is 5.32 Å². The smallest absolute Gasteiger partial charge is 0.220 e. The van der Waals surface area contributed by atoms with E-state index in [2.05, 4.69) is 5.32 Å². The molecule has 1 amide bonds. The largest absolute Gasteiger partial charge is 0.469 e. The zero-order valence-corrected chi connectivity index (χ0v) is 10.8. The van der Waals surface area contributed by atoms with Crippen molar-refractivity contribution in [2.24, 2.45) is 5.73 Å². The molecule has 0 saturated heterocycles. The van der Waals surface area contributed by atoms with Gasteiger partial charge in [0.25, 0.3) is 0 Å². The van der Waals surface area contributed by atoms with Crippen molar-refractivity contribution < 1.29 is 9.21 Å². The van der Waals surface area contributed by atoms with E-state index in [-0.39, 0.29) is 11.9 Å². The van der Waals surface area contributed by atoms with Gasteiger partial charge >= 0.3 is 0 Å². The number of furan rings is 1. The number of carbonyl (C=O) groups is 1. The van der Waals surface area contributed by atoms with Crippen LogP contribution in [0.5, 0.6) is 0 Å². The molecule has 1 atom stereocenters. The number of rotatable bonds is 7. The van der Waals surface area contributed by atoms with Gasteiger partial charge in [-0.05, 0) is 18.6 Å². The average Bonchev–Trinajstić information content (AvgIpc) is 2.77. The molecule has 0 spiro atoms. The fourth-order valence-electron chi connectivity index (χ4n) is 1.53. The van der Waals surface area contributed by atoms with Gasteiger partial charge in [0.15, 0.2) is 0 Å². The summed E-state index contributed by atoms with van der Waals surface area (Å²) in [5.74, 6) is 0.826. The summed E-state index contributed by atoms with van der Waals surface area (Å²) in [7, 11) is 0. The number of aryl methyl sites for hydroxylation is 1. The number of carbonyl (C=O) groups excluding carboxylic acids is 1. The predicted octanol–water partition coefficient (Wildman–Crippen LogP) is 1.78. The first kappa shape index (κ1) is 13.7. The summed E-state index contributed by atoms with van der Waals surface area (Å²) in [5, 5.41) is 2.91. The molecule has 5 heteroatoms. The van der Waals surface area contributed by atoms with Crippen molar-refractivity contribution >= 4 is 23.1 Å². The minimum Gasteiger partial charge on any atom is -0.469 e. The van der Waals surface area contributed by atoms with Gasteiger partial charge in [-0.25, -0.2) is 0 Å². The highest BCUT2D eigenvalue weighted by molar-refractivity contribution is 7.80. The normalized spacial score (nSPS) is 12.1. The van der Waals surface area contributed by atoms with Crippen LogP contribution in [-0.2, 0) is 11.2 Å². The first-order valence-corrected chi connectivity index (χ1v) is 6.12. The van der Waals surface area contributed by atoms with E-state index < -0.39 is 0 Å². The molecule has 3 N–H and O–H groups in total. The Kier molecular flexibility index (Phi) is 5.69. The summed E-state index contributed by atoms with van der Waals surface area (Å²) >= 11 is 4.83. The maximum Gasteiger partial charge on any atom is 0.220 e. The first-order chi connectivity index (χ1) is 8.11. The van der Waals surface area contributed by atoms with Crippen molar-refractivity contribution in [2.75, 3.05) is 0 Å². The molecule has 17 heavy (non-hydrogen) atoms. The van der Waals surface area contributed by atoms with E-state index in [4.69, 9.17) is 22.4 Å². The summed E-state index contributed by atoms with van der Waals surface area (Å²) in [6, 6.07) is 3.71. The van der Waals surface area contributed by atoms with Gasteiger partial charge in [-0.2, -0.15) is 0 Å². The topological polar surface area (TPSA) is 68.3 Å². The van der Waals surface area contributed by atoms with Crippen molar-refractivity contribution in [2.45, 2.75) is 38.6 Å². The Hall–Kier alpha value is -1.36. The van der Waals surface area contributed by atoms with E-state index in [1.165, 1.54) is 0 Å². The molecule has 1 aromatic heterocycles. The van der Waals surface area contributed by atoms with Gasteiger partial charge in [0, 0.05) is 25.3 Å². The van der Waals surface area contributed by atoms with Crippen LogP contribution < -0.4 is 11.1 Å². The Bertz CT molecular complexity index is 363. The maximum absolute atomic E-state index is 11.7. The van der Waals surface area contributed by atoms with Crippen LogP contribution in [0.15, 0.2) is 22.8 Å². The Balaban J connectivity index is 2.30. The molecule has 0 fully saturated rings. The lowest BCUT2D eigenvalue weighted by molar-refractivity contribution is -0.121. The summed E-state index contributed by atoms with van der Waals surface area (Å²) in [6.07, 6.45) is 4.01. The van der Waals surface area contributed by atoms with Crippen LogP contribution in [0.25, 0.3) is 0 Å². The van der Waals surface area contributed by atoms with E-state index in [9.17, 15) is 4.79 Å². The highest BCUT2D eigenvalue weighted by atomic mass is 32.1. The molecule has 1 rings (SSSR count). The molecule has 0 aliphatic carbocycles. The van der Waals surface area contributed by atoms with E-state index in [0.717, 1.165) is 12.2 Å². The molecule has 0 aliphatic heterocycles. The Morgan fingerprint density at radius 1 is 1.65 bits per heavy atom. The van der Waals surface area contributed by atoms with Crippen molar-refractivity contribution in [3.8, 4) is 0 Å². The maximum atomic E-state index is 11.7. The zero-order chi connectivity index (χ0) is 12.7. The van der Waals surface area contributed by atoms with Gasteiger partial charge in [-0.15, -0.1) is 0 Å². The summed E-state index contributed by atoms with van der Waals surface area (Å²) in [6.45, 7) is 2.00. The zero-order valence-electron chi connectivity index (χ0n) is 9.94. The lowest BCUT2D eigenvalue weighted by atomic mass is 10.1. The molecule has 0 saturated carbocycles. The van der Waals surface area contributed by atoms with Crippen LogP contribution in [0.1, 0.15) is 31.9 Å². The van der Waals surface area contributed by atoms with Crippen LogP contribution in [0, 0.1) is 0 Å². The predicted molar refractivity (Wildman–Crippen MR) is 70.7 cm³/mol. The third-order valence-corrected chi connectivity index (χ3v) is 2.65. The number of amides is 1. The highest BCUT2D eigenvalue weighted by Crippen LogP contribution is 2.04. The highest BCUT2D eigenvalue weighted by Gasteiger charge is 2.11. The third kappa shape index (κ3) is 5.49. The van der Waals surface area contributed by atoms with Gasteiger partial charge < -0.3 is 15.5 Å². The van der Waals surface area contributed by atoms with Gasteiger partial charge in [-0.3, -0.25) is 4.79 Å². The fraction of sp³-hybridized carbons (Fsp3) is 0.500. The van der Waals surface area contributed by atoms with Crippen molar-refractivity contribution in [3.05, 3.63) is 24.2 Å². The van der Waals surface area contributed by atoms with Gasteiger partial charge in [-0.1, -0.05) is 19.1 Å². The molecule has 1 heterocycles. The van der Waals surface area contributed by atoms with Gasteiger partial charge in [0.05, 0.1) is 11.3 Å². The second kappa shape index (κ2) is 7.06. The molecule has 1 unspecified atom stereocenters. The molecule has 0 aromatic carbocycles. The van der Waals surface area contributed by atoms with Gasteiger partial charge in [0.2, 0.25) is 5.91 Å². The standard InChI is InChI=1S/C12H18N2O2S/c1-2-9(8-11(13)17)14-12(15)6-5-10-4-3-7-16-10/h3-4,7,9H,2,5-6,8H2,1H3,(H2,13,17)(H,14,15). The first-order valence-electron chi connectivity index (χ1n) is 5.72. The molecule has 0 radical (unpaired) electrons. The Morgan fingerprint density at radius 3 is 2.94 bits per heavy atom. The van der Waals surface area contributed by atoms with Crippen LogP contribution in [0.4, 0.5) is 0 Å². The van der Waals surface area contributed by atoms with Gasteiger partial charge in [0.1, 0.15) is 5.76 Å². The minimum atomic E-state index is 0.00417. The average molecular weight is 254 g/mol. The quantitative estimate of drug-likeness (QED) is 0.728. The monoisotopic (exact) mass is 254 g/mol. The van der Waals surface area contributed by atoms with E-state index in [0.29, 0.717) is 24.3 Å². The molecule has 0 bridgehead atoms. The van der Waals surface area contributed by atoms with E-state index in [1.54, 1.807) is 6.26 Å². The SMILES string of the molecule is CCC(CC(N)=S)NC(=O)CCc1ccco1. The summed E-state index contributed by atoms with van der Waals surface area (Å²) in [5.41, 5.74) is 5.46. The number of nitrogens with one attached hydrogen (secondary N) is 1. The number of hydrogen-bond donors (Lipinski definition) is 2. The Morgan fingerprint density at radius 2 is 2.41 bits per heavy atom. The lowest BCUT2D eigenvalue weighted by Gasteiger charge is -2.15. The lowest BCUT2D eigenvalue weighted by Crippen LogP contribution is -2.37. The summed E-state index contributed by atoms with van der Waals surface area (Å²) < 4.78 is 5.16. The van der Waals surface area contributed by atoms with Crippen LogP contribution in [0.3, 0.4) is 0 Å². The number of hydrogen-bond acceptors (Lipinski definition) is 3. The second-order valence-corrected chi connectivity index (χ2v) is 4.45. The fourth-order valence-corrected chi connectivity index (χ4v) is 1.73. The Labute approximate surface area is 107 Å². The molecular formula is C12H18N2O2S. The number of thiocarbonyl (C=S) groups is 1. The molecule has 94 valence electrons. The van der Waals surface area contributed by atoms with Crippen molar-refractivity contribution in [1.29, 1.82) is 0 Å². The van der Waals surface area contributed by atoms with Crippen LogP contribution in [0.2, 0.25) is 0 Å². The molecule has 0 aliphatic rings. The third-order valence-electron chi connectivity index (χ3n) is 2.48. The minimum absolute atomic E-state index is 0.00417. The van der Waals surface area contributed by atoms with Crippen LogP contribution >= 0.6 is 12.2 Å².